The Hall–Kier alpha value is -6.85. The van der Waals surface area contributed by atoms with Gasteiger partial charge in [0.05, 0.1) is 50.9 Å². The molecule has 6 N–H and O–H groups in total. The molecule has 1 unspecified atom stereocenters. The number of sulfone groups is 1. The minimum atomic E-state index is -4.89. The Labute approximate surface area is 339 Å². The van der Waals surface area contributed by atoms with Gasteiger partial charge in [0.25, 0.3) is 11.5 Å². The van der Waals surface area contributed by atoms with Gasteiger partial charge in [-0.25, -0.2) is 22.9 Å². The number of anilines is 4. The Kier molecular flexibility index (Phi) is 11.1. The monoisotopic (exact) mass is 844 g/mol. The van der Waals surface area contributed by atoms with Crippen LogP contribution in [0.2, 0.25) is 0 Å². The van der Waals surface area contributed by atoms with Crippen molar-refractivity contribution in [2.75, 3.05) is 40.1 Å². The first-order chi connectivity index (χ1) is 28.4. The summed E-state index contributed by atoms with van der Waals surface area (Å²) in [6.45, 7) is 2.02. The van der Waals surface area contributed by atoms with Crippen molar-refractivity contribution < 1.29 is 35.9 Å². The number of alkyl halides is 3. The lowest BCUT2D eigenvalue weighted by Gasteiger charge is -2.33. The zero-order valence-corrected chi connectivity index (χ0v) is 32.6. The van der Waals surface area contributed by atoms with Crippen molar-refractivity contribution in [1.29, 1.82) is 5.26 Å². The second kappa shape index (κ2) is 16.1. The molecular weight excluding hydrogens is 809 g/mol. The van der Waals surface area contributed by atoms with Gasteiger partial charge in [0.2, 0.25) is 0 Å². The molecule has 310 valence electrons. The molecule has 0 saturated heterocycles. The van der Waals surface area contributed by atoms with E-state index in [4.69, 9.17) is 5.26 Å². The molecule has 0 aliphatic carbocycles. The fraction of sp³-hybridized carbons (Fsp3) is 0.250. The third-order valence-electron chi connectivity index (χ3n) is 10.0. The van der Waals surface area contributed by atoms with Crippen LogP contribution in [0.15, 0.2) is 94.9 Å². The van der Waals surface area contributed by atoms with Crippen LogP contribution in [0.25, 0.3) is 10.8 Å². The van der Waals surface area contributed by atoms with Crippen LogP contribution >= 0.6 is 0 Å². The maximum Gasteiger partial charge on any atom is 0.417 e. The number of carbonyl (C=O) groups excluding carboxylic acids is 1. The summed E-state index contributed by atoms with van der Waals surface area (Å²) in [6.07, 6.45) is -2.79. The molecular formula is C40H36F4N10O5S. The number of aromatic amines is 1. The van der Waals surface area contributed by atoms with Crippen molar-refractivity contribution in [3.05, 3.63) is 130 Å². The van der Waals surface area contributed by atoms with Crippen molar-refractivity contribution in [3.8, 4) is 6.07 Å². The highest BCUT2D eigenvalue weighted by atomic mass is 32.2. The van der Waals surface area contributed by atoms with Crippen molar-refractivity contribution >= 4 is 49.3 Å². The lowest BCUT2D eigenvalue weighted by molar-refractivity contribution is -0.137. The molecule has 15 nitrogen and oxygen atoms in total. The summed E-state index contributed by atoms with van der Waals surface area (Å²) >= 11 is 0. The topological polar surface area (TPSA) is 220 Å². The molecule has 20 heteroatoms. The predicted molar refractivity (Wildman–Crippen MR) is 213 cm³/mol. The summed E-state index contributed by atoms with van der Waals surface area (Å²) in [5, 5.41) is 43.6. The summed E-state index contributed by atoms with van der Waals surface area (Å²) in [5.74, 6) is -2.75. The van der Waals surface area contributed by atoms with Crippen LogP contribution in [0.4, 0.5) is 40.3 Å². The highest BCUT2D eigenvalue weighted by molar-refractivity contribution is 7.91. The van der Waals surface area contributed by atoms with Gasteiger partial charge in [-0.3, -0.25) is 14.3 Å². The number of carbonyl (C=O) groups is 1. The molecule has 7 rings (SSSR count). The maximum absolute atomic E-state index is 14.6. The van der Waals surface area contributed by atoms with E-state index in [0.717, 1.165) is 30.3 Å². The number of benzene rings is 4. The summed E-state index contributed by atoms with van der Waals surface area (Å²) in [4.78, 5) is 29.7. The molecule has 0 spiro atoms. The average molecular weight is 845 g/mol. The number of halogens is 4. The number of nitrogens with one attached hydrogen (secondary N) is 5. The number of H-pyrrole nitrogens is 1. The molecule has 0 saturated carbocycles. The smallest absolute Gasteiger partial charge is 0.385 e. The third kappa shape index (κ3) is 8.48. The number of aromatic nitrogens is 5. The molecule has 0 fully saturated rings. The van der Waals surface area contributed by atoms with Gasteiger partial charge in [0.1, 0.15) is 18.0 Å². The van der Waals surface area contributed by atoms with E-state index in [1.165, 1.54) is 48.8 Å². The first-order valence-corrected chi connectivity index (χ1v) is 20.0. The number of hydrogen-bond donors (Lipinski definition) is 6. The summed E-state index contributed by atoms with van der Waals surface area (Å²) in [7, 11) is -2.48. The molecule has 1 aliphatic rings. The molecule has 60 heavy (non-hydrogen) atoms. The Morgan fingerprint density at radius 2 is 1.63 bits per heavy atom. The molecule has 2 aromatic heterocycles. The first-order valence-electron chi connectivity index (χ1n) is 18.3. The zero-order valence-electron chi connectivity index (χ0n) is 31.8. The van der Waals surface area contributed by atoms with Gasteiger partial charge < -0.3 is 26.4 Å². The zero-order chi connectivity index (χ0) is 43.0. The SMILES string of the molecule is Cn1ncnc1[C@H]1c2n[nH]c(=O)c3cc(F)cc(c23)N[C@@H]1c1ccc(NCCCNc2ccc(S(=O)(=O)CC(C)(O)C(=O)Nc3ccc(C#N)c(C(F)(F)F)c3)cc2)cc1. The van der Waals surface area contributed by atoms with Crippen LogP contribution in [0, 0.1) is 17.1 Å². The largest absolute Gasteiger partial charge is 0.417 e. The van der Waals surface area contributed by atoms with E-state index in [1.54, 1.807) is 11.7 Å². The summed E-state index contributed by atoms with van der Waals surface area (Å²) in [6, 6.07) is 19.3. The maximum atomic E-state index is 14.6. The molecule has 6 aromatic rings. The van der Waals surface area contributed by atoms with Gasteiger partial charge in [-0.05, 0) is 85.6 Å². The quantitative estimate of drug-likeness (QED) is 0.0631. The van der Waals surface area contributed by atoms with Gasteiger partial charge in [0, 0.05) is 48.3 Å². The summed E-state index contributed by atoms with van der Waals surface area (Å²) < 4.78 is 82.6. The van der Waals surface area contributed by atoms with E-state index in [1.807, 2.05) is 24.3 Å². The van der Waals surface area contributed by atoms with Crippen LogP contribution < -0.4 is 26.8 Å². The van der Waals surface area contributed by atoms with Gasteiger partial charge >= 0.3 is 6.18 Å². The molecule has 0 bridgehead atoms. The van der Waals surface area contributed by atoms with Crippen LogP contribution in [0.3, 0.4) is 0 Å². The van der Waals surface area contributed by atoms with E-state index >= 15 is 0 Å². The average Bonchev–Trinajstić information content (AvgIpc) is 3.63. The van der Waals surface area contributed by atoms with Gasteiger partial charge in [-0.15, -0.1) is 0 Å². The van der Waals surface area contributed by atoms with Crippen molar-refractivity contribution in [3.63, 3.8) is 0 Å². The van der Waals surface area contributed by atoms with Crippen LogP contribution in [-0.4, -0.2) is 68.8 Å². The highest BCUT2D eigenvalue weighted by Gasteiger charge is 2.39. The lowest BCUT2D eigenvalue weighted by atomic mass is 9.83. The Balaban J connectivity index is 0.926. The summed E-state index contributed by atoms with van der Waals surface area (Å²) in [5.41, 5.74) is -2.08. The van der Waals surface area contributed by atoms with Crippen molar-refractivity contribution in [1.82, 2.24) is 25.0 Å². The predicted octanol–water partition coefficient (Wildman–Crippen LogP) is 5.46. The number of aliphatic hydroxyl groups is 1. The highest BCUT2D eigenvalue weighted by Crippen LogP contribution is 2.46. The number of rotatable bonds is 13. The fourth-order valence-corrected chi connectivity index (χ4v) is 8.64. The van der Waals surface area contributed by atoms with E-state index in [9.17, 15) is 40.7 Å². The number of nitriles is 1. The molecule has 4 aromatic carbocycles. The lowest BCUT2D eigenvalue weighted by Crippen LogP contribution is -2.45. The normalized spacial score (nSPS) is 16.0. The van der Waals surface area contributed by atoms with Gasteiger partial charge in [-0.2, -0.15) is 28.6 Å². The Morgan fingerprint density at radius 3 is 2.25 bits per heavy atom. The van der Waals surface area contributed by atoms with Gasteiger partial charge in [-0.1, -0.05) is 12.1 Å². The minimum absolute atomic E-state index is 0.179. The number of hydrogen-bond acceptors (Lipinski definition) is 12. The van der Waals surface area contributed by atoms with E-state index in [2.05, 4.69) is 41.5 Å². The van der Waals surface area contributed by atoms with E-state index < -0.39 is 67.7 Å². The number of amides is 1. The molecule has 1 aliphatic heterocycles. The third-order valence-corrected chi connectivity index (χ3v) is 11.9. The van der Waals surface area contributed by atoms with Crippen LogP contribution in [-0.2, 0) is 27.9 Å². The Bertz CT molecular complexity index is 2800. The first kappa shape index (κ1) is 41.3. The standard InChI is InChI=1S/C40H36F4N10O5S/c1-39(57,38(56)50-27-9-6-23(19-45)30(18-27)40(42,43)44)20-60(58,59)28-12-10-26(11-13-28)47-15-3-14-46-25-7-4-22(5-8-25)34-33(36-48-21-49-54(36)2)35-32-29(37(55)53-52-35)16-24(41)17-31(32)51-34/h4-13,16-18,21,33-34,46-47,51,57H,3,14-15,20H2,1-2H3,(H,50,56)(H,53,55)/t33-,34-,39?/m1/s1. The van der Waals surface area contributed by atoms with Crippen molar-refractivity contribution in [2.24, 2.45) is 7.05 Å². The Morgan fingerprint density at radius 1 is 0.983 bits per heavy atom. The second-order valence-electron chi connectivity index (χ2n) is 14.4. The van der Waals surface area contributed by atoms with E-state index in [0.29, 0.717) is 53.9 Å². The second-order valence-corrected chi connectivity index (χ2v) is 16.4. The van der Waals surface area contributed by atoms with Crippen LogP contribution in [0.1, 0.15) is 53.5 Å². The van der Waals surface area contributed by atoms with Gasteiger partial charge in [0.15, 0.2) is 15.4 Å². The molecule has 0 radical (unpaired) electrons. The van der Waals surface area contributed by atoms with E-state index in [-0.39, 0.29) is 16.0 Å². The fourth-order valence-electron chi connectivity index (χ4n) is 7.05. The molecule has 1 amide bonds. The molecule has 3 atom stereocenters. The van der Waals surface area contributed by atoms with Crippen LogP contribution in [0.5, 0.6) is 0 Å². The van der Waals surface area contributed by atoms with Crippen molar-refractivity contribution in [2.45, 2.75) is 42.0 Å². The number of aryl methyl sites for hydroxylation is 1. The minimum Gasteiger partial charge on any atom is -0.385 e. The number of nitrogens with zero attached hydrogens (tertiary/aromatic N) is 5. The molecule has 3 heterocycles.